The number of nitrogens with zero attached hydrogens (tertiary/aromatic N) is 3. The molecule has 0 saturated carbocycles. The molecule has 1 aliphatic rings. The fraction of sp³-hybridized carbons (Fsp3) is 0.500. The average molecular weight is 410 g/mol. The van der Waals surface area contributed by atoms with Gasteiger partial charge in [-0.25, -0.2) is 0 Å². The topological polar surface area (TPSA) is 55.3 Å². The van der Waals surface area contributed by atoms with Gasteiger partial charge in [0.1, 0.15) is 5.75 Å². The zero-order chi connectivity index (χ0) is 18.2. The highest BCUT2D eigenvalue weighted by atomic mass is 32.2. The van der Waals surface area contributed by atoms with Crippen LogP contribution < -0.4 is 4.74 Å². The van der Waals surface area contributed by atoms with Gasteiger partial charge in [0.2, 0.25) is 5.91 Å². The fourth-order valence-corrected chi connectivity index (χ4v) is 5.59. The number of benzene rings is 1. The summed E-state index contributed by atoms with van der Waals surface area (Å²) < 4.78 is 6.97. The normalized spacial score (nSPS) is 14.9. The van der Waals surface area contributed by atoms with E-state index in [-0.39, 0.29) is 5.91 Å². The van der Waals surface area contributed by atoms with Crippen LogP contribution >= 0.6 is 34.9 Å². The molecule has 1 aromatic heterocycles. The van der Waals surface area contributed by atoms with Crippen molar-refractivity contribution in [3.63, 3.8) is 0 Å². The average Bonchev–Trinajstić information content (AvgIpc) is 2.95. The van der Waals surface area contributed by atoms with E-state index in [0.29, 0.717) is 5.75 Å². The Morgan fingerprint density at radius 2 is 1.73 bits per heavy atom. The lowest BCUT2D eigenvalue weighted by atomic mass is 10.2. The summed E-state index contributed by atoms with van der Waals surface area (Å²) in [6.45, 7) is 1.80. The van der Waals surface area contributed by atoms with Crippen LogP contribution in [0.1, 0.15) is 31.2 Å². The number of carbonyl (C=O) groups is 1. The molecular formula is C18H23N3O2S3. The first-order valence-electron chi connectivity index (χ1n) is 8.74. The zero-order valence-corrected chi connectivity index (χ0v) is 17.3. The molecule has 0 spiro atoms. The molecule has 2 aromatic rings. The SMILES string of the molecule is COc1ccc(CSc2nnc(SCC(=O)N3CCCCCC3)s2)cc1. The molecule has 0 atom stereocenters. The van der Waals surface area contributed by atoms with Crippen LogP contribution in [0.2, 0.25) is 0 Å². The Balaban J connectivity index is 1.44. The molecule has 0 N–H and O–H groups in total. The lowest BCUT2D eigenvalue weighted by molar-refractivity contribution is -0.128. The number of methoxy groups -OCH3 is 1. The Labute approximate surface area is 166 Å². The third-order valence-electron chi connectivity index (χ3n) is 4.19. The molecule has 26 heavy (non-hydrogen) atoms. The van der Waals surface area contributed by atoms with Crippen molar-refractivity contribution in [2.24, 2.45) is 0 Å². The highest BCUT2D eigenvalue weighted by Crippen LogP contribution is 2.31. The number of thioether (sulfide) groups is 2. The van der Waals surface area contributed by atoms with E-state index in [4.69, 9.17) is 4.74 Å². The van der Waals surface area contributed by atoms with Crippen LogP contribution in [0.15, 0.2) is 32.9 Å². The van der Waals surface area contributed by atoms with Crippen molar-refractivity contribution < 1.29 is 9.53 Å². The maximum Gasteiger partial charge on any atom is 0.233 e. The van der Waals surface area contributed by atoms with E-state index < -0.39 is 0 Å². The first-order valence-corrected chi connectivity index (χ1v) is 11.5. The lowest BCUT2D eigenvalue weighted by Crippen LogP contribution is -2.33. The second kappa shape index (κ2) is 10.2. The smallest absolute Gasteiger partial charge is 0.233 e. The molecule has 1 fully saturated rings. The van der Waals surface area contributed by atoms with Crippen LogP contribution in [0.25, 0.3) is 0 Å². The number of ether oxygens (including phenoxy) is 1. The van der Waals surface area contributed by atoms with Crippen LogP contribution in [0.4, 0.5) is 0 Å². The Morgan fingerprint density at radius 3 is 2.38 bits per heavy atom. The summed E-state index contributed by atoms with van der Waals surface area (Å²) >= 11 is 4.73. The van der Waals surface area contributed by atoms with Crippen molar-refractivity contribution >= 4 is 40.8 Å². The van der Waals surface area contributed by atoms with Crippen LogP contribution in [0, 0.1) is 0 Å². The third-order valence-corrected chi connectivity index (χ3v) is 7.43. The van der Waals surface area contributed by atoms with E-state index in [1.54, 1.807) is 30.2 Å². The standard InChI is InChI=1S/C18H23N3O2S3/c1-23-15-8-6-14(7-9-15)12-24-17-19-20-18(26-17)25-13-16(22)21-10-4-2-3-5-11-21/h6-9H,2-5,10-13H2,1H3. The minimum absolute atomic E-state index is 0.222. The van der Waals surface area contributed by atoms with Crippen molar-refractivity contribution in [3.8, 4) is 5.75 Å². The lowest BCUT2D eigenvalue weighted by Gasteiger charge is -2.19. The van der Waals surface area contributed by atoms with E-state index >= 15 is 0 Å². The highest BCUT2D eigenvalue weighted by Gasteiger charge is 2.16. The summed E-state index contributed by atoms with van der Waals surface area (Å²) in [4.78, 5) is 14.3. The Bertz CT molecular complexity index is 698. The fourth-order valence-electron chi connectivity index (χ4n) is 2.72. The number of rotatable bonds is 7. The summed E-state index contributed by atoms with van der Waals surface area (Å²) in [5.74, 6) is 2.38. The molecule has 8 heteroatoms. The van der Waals surface area contributed by atoms with Crippen molar-refractivity contribution in [3.05, 3.63) is 29.8 Å². The Hall–Kier alpha value is -1.25. The summed E-state index contributed by atoms with van der Waals surface area (Å²) in [5, 5.41) is 8.44. The Kier molecular flexibility index (Phi) is 7.64. The van der Waals surface area contributed by atoms with Gasteiger partial charge in [-0.2, -0.15) is 0 Å². The van der Waals surface area contributed by atoms with Crippen molar-refractivity contribution in [1.29, 1.82) is 0 Å². The first kappa shape index (κ1) is 19.5. The van der Waals surface area contributed by atoms with Gasteiger partial charge in [0.25, 0.3) is 0 Å². The monoisotopic (exact) mass is 409 g/mol. The van der Waals surface area contributed by atoms with Gasteiger partial charge in [-0.15, -0.1) is 10.2 Å². The minimum atomic E-state index is 0.222. The molecule has 1 aromatic carbocycles. The molecule has 140 valence electrons. The molecule has 3 rings (SSSR count). The van der Waals surface area contributed by atoms with Gasteiger partial charge in [0, 0.05) is 18.8 Å². The van der Waals surface area contributed by atoms with Crippen molar-refractivity contribution in [2.45, 2.75) is 40.1 Å². The van der Waals surface area contributed by atoms with Gasteiger partial charge in [0.05, 0.1) is 12.9 Å². The van der Waals surface area contributed by atoms with Crippen molar-refractivity contribution in [1.82, 2.24) is 15.1 Å². The van der Waals surface area contributed by atoms with E-state index in [2.05, 4.69) is 22.3 Å². The number of amides is 1. The van der Waals surface area contributed by atoms with E-state index in [1.165, 1.54) is 30.2 Å². The number of aromatic nitrogens is 2. The van der Waals surface area contributed by atoms with Gasteiger partial charge < -0.3 is 9.64 Å². The maximum absolute atomic E-state index is 12.3. The minimum Gasteiger partial charge on any atom is -0.497 e. The molecule has 0 aliphatic carbocycles. The second-order valence-corrected chi connectivity index (χ2v) is 9.48. The molecule has 2 heterocycles. The van der Waals surface area contributed by atoms with Crippen LogP contribution in [-0.2, 0) is 10.5 Å². The predicted molar refractivity (Wildman–Crippen MR) is 108 cm³/mol. The van der Waals surface area contributed by atoms with Gasteiger partial charge in [-0.05, 0) is 30.5 Å². The van der Waals surface area contributed by atoms with Gasteiger partial charge in [-0.3, -0.25) is 4.79 Å². The molecule has 1 saturated heterocycles. The number of hydrogen-bond donors (Lipinski definition) is 0. The number of carbonyl (C=O) groups excluding carboxylic acids is 1. The largest absolute Gasteiger partial charge is 0.497 e. The highest BCUT2D eigenvalue weighted by molar-refractivity contribution is 8.03. The number of likely N-dealkylation sites (tertiary alicyclic amines) is 1. The van der Waals surface area contributed by atoms with E-state index in [0.717, 1.165) is 46.1 Å². The summed E-state index contributed by atoms with van der Waals surface area (Å²) in [6.07, 6.45) is 4.73. The van der Waals surface area contributed by atoms with Gasteiger partial charge >= 0.3 is 0 Å². The summed E-state index contributed by atoms with van der Waals surface area (Å²) in [7, 11) is 1.67. The predicted octanol–water partition coefficient (Wildman–Crippen LogP) is 4.33. The van der Waals surface area contributed by atoms with E-state index in [1.807, 2.05) is 17.0 Å². The molecular weight excluding hydrogens is 386 g/mol. The molecule has 0 unspecified atom stereocenters. The molecule has 5 nitrogen and oxygen atoms in total. The number of hydrogen-bond acceptors (Lipinski definition) is 7. The molecule has 1 amide bonds. The first-order chi connectivity index (χ1) is 12.7. The zero-order valence-electron chi connectivity index (χ0n) is 14.8. The third kappa shape index (κ3) is 5.89. The van der Waals surface area contributed by atoms with Crippen LogP contribution in [0.3, 0.4) is 0 Å². The van der Waals surface area contributed by atoms with E-state index in [9.17, 15) is 4.79 Å². The molecule has 1 aliphatic heterocycles. The van der Waals surface area contributed by atoms with Gasteiger partial charge in [0.15, 0.2) is 8.68 Å². The Morgan fingerprint density at radius 1 is 1.08 bits per heavy atom. The summed E-state index contributed by atoms with van der Waals surface area (Å²) in [5.41, 5.74) is 1.22. The quantitative estimate of drug-likeness (QED) is 0.634. The van der Waals surface area contributed by atoms with Crippen molar-refractivity contribution in [2.75, 3.05) is 26.0 Å². The second-order valence-electron chi connectivity index (χ2n) is 6.05. The van der Waals surface area contributed by atoms with Crippen LogP contribution in [0.5, 0.6) is 5.75 Å². The molecule has 0 radical (unpaired) electrons. The summed E-state index contributed by atoms with van der Waals surface area (Å²) in [6, 6.07) is 8.04. The van der Waals surface area contributed by atoms with Crippen LogP contribution in [-0.4, -0.2) is 47.0 Å². The maximum atomic E-state index is 12.3. The molecule has 0 bridgehead atoms. The van der Waals surface area contributed by atoms with Gasteiger partial charge in [-0.1, -0.05) is 59.8 Å².